The summed E-state index contributed by atoms with van der Waals surface area (Å²) in [5, 5.41) is 8.06. The average molecular weight is 434 g/mol. The molecule has 0 aliphatic heterocycles. The fourth-order valence-corrected chi connectivity index (χ4v) is 3.21. The van der Waals surface area contributed by atoms with Gasteiger partial charge in [0.05, 0.1) is 7.11 Å². The molecule has 0 bridgehead atoms. The molecule has 3 rings (SSSR count). The summed E-state index contributed by atoms with van der Waals surface area (Å²) in [5.74, 6) is 0.341. The standard InChI is InChI=1S/C24H26N4O4/c1-4-17-7-5-6-8-20(17)26-22(29)15-28-16(2)9-14-21(23(28)30)27-24(31)25-18-10-12-19(32-3)13-11-18/h5-14H,4,15H2,1-3H3,(H,26,29)(H2,25,27,31). The van der Waals surface area contributed by atoms with E-state index in [9.17, 15) is 14.4 Å². The molecule has 8 heteroatoms. The highest BCUT2D eigenvalue weighted by molar-refractivity contribution is 5.99. The zero-order valence-corrected chi connectivity index (χ0v) is 18.3. The van der Waals surface area contributed by atoms with Crippen LogP contribution in [0.2, 0.25) is 0 Å². The average Bonchev–Trinajstić information content (AvgIpc) is 2.79. The minimum Gasteiger partial charge on any atom is -0.497 e. The molecule has 0 atom stereocenters. The molecule has 2 aromatic carbocycles. The molecule has 32 heavy (non-hydrogen) atoms. The molecule has 0 aliphatic rings. The monoisotopic (exact) mass is 434 g/mol. The minimum absolute atomic E-state index is 0.0726. The van der Waals surface area contributed by atoms with Crippen LogP contribution in [-0.4, -0.2) is 23.6 Å². The van der Waals surface area contributed by atoms with Crippen LogP contribution in [0, 0.1) is 6.92 Å². The van der Waals surface area contributed by atoms with Gasteiger partial charge >= 0.3 is 6.03 Å². The fourth-order valence-electron chi connectivity index (χ4n) is 3.21. The van der Waals surface area contributed by atoms with E-state index in [1.807, 2.05) is 31.2 Å². The maximum atomic E-state index is 12.9. The molecule has 0 fully saturated rings. The molecule has 0 aliphatic carbocycles. The normalized spacial score (nSPS) is 10.3. The molecule has 3 aromatic rings. The summed E-state index contributed by atoms with van der Waals surface area (Å²) >= 11 is 0. The molecule has 3 amide bonds. The van der Waals surface area contributed by atoms with Crippen molar-refractivity contribution in [3.05, 3.63) is 82.3 Å². The lowest BCUT2D eigenvalue weighted by atomic mass is 10.1. The number of aromatic nitrogens is 1. The number of anilines is 3. The number of nitrogens with one attached hydrogen (secondary N) is 3. The molecule has 1 aromatic heterocycles. The number of aryl methyl sites for hydroxylation is 2. The van der Waals surface area contributed by atoms with Gasteiger partial charge in [-0.2, -0.15) is 0 Å². The van der Waals surface area contributed by atoms with Crippen molar-refractivity contribution in [1.29, 1.82) is 0 Å². The van der Waals surface area contributed by atoms with Crippen molar-refractivity contribution in [3.63, 3.8) is 0 Å². The van der Waals surface area contributed by atoms with Crippen molar-refractivity contribution < 1.29 is 14.3 Å². The molecule has 0 radical (unpaired) electrons. The maximum Gasteiger partial charge on any atom is 0.323 e. The van der Waals surface area contributed by atoms with E-state index in [-0.39, 0.29) is 18.1 Å². The zero-order valence-electron chi connectivity index (χ0n) is 18.3. The SMILES string of the molecule is CCc1ccccc1NC(=O)Cn1c(C)ccc(NC(=O)Nc2ccc(OC)cc2)c1=O. The molecule has 3 N–H and O–H groups in total. The Morgan fingerprint density at radius 3 is 2.31 bits per heavy atom. The first-order valence-electron chi connectivity index (χ1n) is 10.2. The van der Waals surface area contributed by atoms with E-state index in [0.717, 1.165) is 17.7 Å². The van der Waals surface area contributed by atoms with Crippen molar-refractivity contribution in [2.24, 2.45) is 0 Å². The van der Waals surface area contributed by atoms with Gasteiger partial charge in [-0.15, -0.1) is 0 Å². The van der Waals surface area contributed by atoms with Crippen molar-refractivity contribution in [2.45, 2.75) is 26.8 Å². The first-order chi connectivity index (χ1) is 15.4. The van der Waals surface area contributed by atoms with Gasteiger partial charge in [-0.05, 0) is 61.4 Å². The molecule has 0 spiro atoms. The largest absolute Gasteiger partial charge is 0.497 e. The van der Waals surface area contributed by atoms with E-state index < -0.39 is 11.6 Å². The van der Waals surface area contributed by atoms with E-state index in [2.05, 4.69) is 16.0 Å². The van der Waals surface area contributed by atoms with Gasteiger partial charge < -0.3 is 25.3 Å². The van der Waals surface area contributed by atoms with Crippen molar-refractivity contribution in [2.75, 3.05) is 23.1 Å². The maximum absolute atomic E-state index is 12.9. The summed E-state index contributed by atoms with van der Waals surface area (Å²) < 4.78 is 6.41. The third kappa shape index (κ3) is 5.54. The predicted molar refractivity (Wildman–Crippen MR) is 126 cm³/mol. The highest BCUT2D eigenvalue weighted by atomic mass is 16.5. The number of carbonyl (C=O) groups excluding carboxylic acids is 2. The molecule has 166 valence electrons. The third-order valence-corrected chi connectivity index (χ3v) is 4.96. The molecule has 8 nitrogen and oxygen atoms in total. The number of amides is 3. The number of ether oxygens (including phenoxy) is 1. The number of pyridine rings is 1. The lowest BCUT2D eigenvalue weighted by Gasteiger charge is -2.14. The van der Waals surface area contributed by atoms with Gasteiger partial charge in [-0.1, -0.05) is 25.1 Å². The Balaban J connectivity index is 1.71. The second-order valence-electron chi connectivity index (χ2n) is 7.15. The summed E-state index contributed by atoms with van der Waals surface area (Å²) in [7, 11) is 1.56. The summed E-state index contributed by atoms with van der Waals surface area (Å²) in [5.41, 5.74) is 2.49. The molecule has 0 saturated carbocycles. The van der Waals surface area contributed by atoms with E-state index in [1.54, 1.807) is 44.4 Å². The molecular formula is C24H26N4O4. The fraction of sp³-hybridized carbons (Fsp3) is 0.208. The zero-order chi connectivity index (χ0) is 23.1. The Bertz CT molecular complexity index is 1170. The summed E-state index contributed by atoms with van der Waals surface area (Å²) in [4.78, 5) is 37.8. The van der Waals surface area contributed by atoms with Gasteiger partial charge in [0.2, 0.25) is 5.91 Å². The number of rotatable bonds is 7. The smallest absolute Gasteiger partial charge is 0.323 e. The second-order valence-corrected chi connectivity index (χ2v) is 7.15. The van der Waals surface area contributed by atoms with Crippen molar-refractivity contribution >= 4 is 29.0 Å². The number of benzene rings is 2. The van der Waals surface area contributed by atoms with Crippen LogP contribution in [0.25, 0.3) is 0 Å². The first-order valence-corrected chi connectivity index (χ1v) is 10.2. The summed E-state index contributed by atoms with van der Waals surface area (Å²) in [6.07, 6.45) is 0.776. The molecule has 0 unspecified atom stereocenters. The van der Waals surface area contributed by atoms with Crippen molar-refractivity contribution in [3.8, 4) is 5.75 Å². The molecular weight excluding hydrogens is 408 g/mol. The van der Waals surface area contributed by atoms with Crippen LogP contribution in [0.3, 0.4) is 0 Å². The Hall–Kier alpha value is -4.07. The topological polar surface area (TPSA) is 101 Å². The Kier molecular flexibility index (Phi) is 7.28. The third-order valence-electron chi connectivity index (χ3n) is 4.96. The van der Waals surface area contributed by atoms with Crippen LogP contribution < -0.4 is 26.2 Å². The number of urea groups is 1. The van der Waals surface area contributed by atoms with E-state index in [1.165, 1.54) is 10.6 Å². The highest BCUT2D eigenvalue weighted by Gasteiger charge is 2.13. The van der Waals surface area contributed by atoms with Gasteiger partial charge in [-0.25, -0.2) is 4.79 Å². The molecule has 0 saturated heterocycles. The van der Waals surface area contributed by atoms with Gasteiger partial charge in [0, 0.05) is 17.1 Å². The van der Waals surface area contributed by atoms with Crippen molar-refractivity contribution in [1.82, 2.24) is 4.57 Å². The van der Waals surface area contributed by atoms with Crippen LogP contribution in [0.4, 0.5) is 21.9 Å². The quantitative estimate of drug-likeness (QED) is 0.523. The number of para-hydroxylation sites is 1. The first kappa shape index (κ1) is 22.6. The van der Waals surface area contributed by atoms with Gasteiger partial charge in [0.1, 0.15) is 18.0 Å². The number of hydrogen-bond acceptors (Lipinski definition) is 4. The van der Waals surface area contributed by atoms with E-state index >= 15 is 0 Å². The van der Waals surface area contributed by atoms with Crippen LogP contribution in [0.1, 0.15) is 18.2 Å². The van der Waals surface area contributed by atoms with Crippen LogP contribution in [0.5, 0.6) is 5.75 Å². The van der Waals surface area contributed by atoms with Gasteiger partial charge in [0.15, 0.2) is 0 Å². The number of methoxy groups -OCH3 is 1. The number of nitrogens with zero attached hydrogens (tertiary/aromatic N) is 1. The van der Waals surface area contributed by atoms with Gasteiger partial charge in [-0.3, -0.25) is 9.59 Å². The predicted octanol–water partition coefficient (Wildman–Crippen LogP) is 4.01. The van der Waals surface area contributed by atoms with Crippen LogP contribution in [0.15, 0.2) is 65.5 Å². The molecule has 1 heterocycles. The lowest BCUT2D eigenvalue weighted by Crippen LogP contribution is -2.32. The Labute approximate surface area is 186 Å². The number of hydrogen-bond donors (Lipinski definition) is 3. The van der Waals surface area contributed by atoms with E-state index in [4.69, 9.17) is 4.74 Å². The summed E-state index contributed by atoms with van der Waals surface area (Å²) in [6, 6.07) is 17.0. The van der Waals surface area contributed by atoms with Crippen LogP contribution in [-0.2, 0) is 17.8 Å². The van der Waals surface area contributed by atoms with E-state index in [0.29, 0.717) is 17.1 Å². The summed E-state index contributed by atoms with van der Waals surface area (Å²) in [6.45, 7) is 3.57. The Morgan fingerprint density at radius 1 is 0.906 bits per heavy atom. The number of carbonyl (C=O) groups is 2. The van der Waals surface area contributed by atoms with Crippen LogP contribution >= 0.6 is 0 Å². The van der Waals surface area contributed by atoms with Gasteiger partial charge in [0.25, 0.3) is 5.56 Å². The minimum atomic E-state index is -0.566. The Morgan fingerprint density at radius 2 is 1.62 bits per heavy atom. The lowest BCUT2D eigenvalue weighted by molar-refractivity contribution is -0.116. The second kappa shape index (κ2) is 10.3. The highest BCUT2D eigenvalue weighted by Crippen LogP contribution is 2.16.